The van der Waals surface area contributed by atoms with Crippen molar-refractivity contribution in [3.8, 4) is 11.8 Å². The Labute approximate surface area is 96.2 Å². The number of nitrogens with two attached hydrogens (primary N) is 1. The number of nitriles is 1. The average molecular weight is 219 g/mol. The van der Waals surface area contributed by atoms with Crippen molar-refractivity contribution in [3.05, 3.63) is 18.2 Å². The van der Waals surface area contributed by atoms with Crippen LogP contribution in [-0.2, 0) is 0 Å². The van der Waals surface area contributed by atoms with Gasteiger partial charge in [-0.3, -0.25) is 0 Å². The molecule has 0 aliphatic rings. The van der Waals surface area contributed by atoms with Gasteiger partial charge in [-0.25, -0.2) is 0 Å². The van der Waals surface area contributed by atoms with E-state index in [1.165, 1.54) is 0 Å². The fourth-order valence-corrected chi connectivity index (χ4v) is 1.49. The molecule has 1 rings (SSSR count). The summed E-state index contributed by atoms with van der Waals surface area (Å²) in [7, 11) is 3.54. The molecule has 1 aromatic rings. The molecule has 0 saturated heterocycles. The third kappa shape index (κ3) is 2.57. The Morgan fingerprint density at radius 3 is 2.75 bits per heavy atom. The molecule has 4 heteroatoms. The second-order valence-corrected chi connectivity index (χ2v) is 3.75. The number of hydrogen-bond donors (Lipinski definition) is 1. The Hall–Kier alpha value is -1.89. The lowest BCUT2D eigenvalue weighted by molar-refractivity contribution is 0.415. The maximum Gasteiger partial charge on any atom is 0.121 e. The maximum absolute atomic E-state index is 8.66. The molecule has 0 heterocycles. The van der Waals surface area contributed by atoms with E-state index >= 15 is 0 Å². The molecule has 0 saturated carbocycles. The monoisotopic (exact) mass is 219 g/mol. The van der Waals surface area contributed by atoms with Crippen molar-refractivity contribution < 1.29 is 4.74 Å². The average Bonchev–Trinajstić information content (AvgIpc) is 2.28. The van der Waals surface area contributed by atoms with E-state index in [-0.39, 0.29) is 6.04 Å². The number of methoxy groups -OCH3 is 1. The van der Waals surface area contributed by atoms with Gasteiger partial charge in [0, 0.05) is 19.2 Å². The van der Waals surface area contributed by atoms with Gasteiger partial charge < -0.3 is 15.4 Å². The van der Waals surface area contributed by atoms with Crippen LogP contribution in [-0.4, -0.2) is 20.2 Å². The van der Waals surface area contributed by atoms with E-state index in [0.29, 0.717) is 12.1 Å². The van der Waals surface area contributed by atoms with Gasteiger partial charge >= 0.3 is 0 Å². The fourth-order valence-electron chi connectivity index (χ4n) is 1.49. The van der Waals surface area contributed by atoms with E-state index in [2.05, 4.69) is 6.07 Å². The van der Waals surface area contributed by atoms with Crippen molar-refractivity contribution in [1.82, 2.24) is 0 Å². The molecule has 0 radical (unpaired) electrons. The van der Waals surface area contributed by atoms with Crippen LogP contribution >= 0.6 is 0 Å². The van der Waals surface area contributed by atoms with Crippen LogP contribution in [0.15, 0.2) is 18.2 Å². The topological polar surface area (TPSA) is 62.3 Å². The summed E-state index contributed by atoms with van der Waals surface area (Å²) in [6, 6.07) is 7.84. The van der Waals surface area contributed by atoms with Gasteiger partial charge in [0.25, 0.3) is 0 Å². The Bertz CT molecular complexity index is 398. The van der Waals surface area contributed by atoms with Crippen LogP contribution in [0.3, 0.4) is 0 Å². The van der Waals surface area contributed by atoms with E-state index in [1.807, 2.05) is 31.0 Å². The molecule has 1 aromatic carbocycles. The first-order chi connectivity index (χ1) is 7.60. The molecule has 0 spiro atoms. The van der Waals surface area contributed by atoms with E-state index in [9.17, 15) is 0 Å². The maximum atomic E-state index is 8.66. The van der Waals surface area contributed by atoms with Gasteiger partial charge in [-0.1, -0.05) is 0 Å². The molecule has 16 heavy (non-hydrogen) atoms. The summed E-state index contributed by atoms with van der Waals surface area (Å²) in [6.07, 6.45) is 0.474. The zero-order chi connectivity index (χ0) is 12.1. The van der Waals surface area contributed by atoms with E-state index in [1.54, 1.807) is 13.2 Å². The van der Waals surface area contributed by atoms with Gasteiger partial charge in [0.05, 0.1) is 31.0 Å². The van der Waals surface area contributed by atoms with E-state index in [4.69, 9.17) is 15.7 Å². The largest absolute Gasteiger partial charge is 0.497 e. The van der Waals surface area contributed by atoms with Crippen LogP contribution in [0.4, 0.5) is 11.4 Å². The van der Waals surface area contributed by atoms with Crippen molar-refractivity contribution in [2.24, 2.45) is 0 Å². The van der Waals surface area contributed by atoms with Crippen LogP contribution in [0.1, 0.15) is 13.3 Å². The van der Waals surface area contributed by atoms with Gasteiger partial charge in [0.2, 0.25) is 0 Å². The van der Waals surface area contributed by atoms with Crippen LogP contribution < -0.4 is 15.4 Å². The number of rotatable bonds is 4. The van der Waals surface area contributed by atoms with E-state index in [0.717, 1.165) is 11.4 Å². The highest BCUT2D eigenvalue weighted by molar-refractivity contribution is 5.69. The van der Waals surface area contributed by atoms with Crippen LogP contribution in [0.5, 0.6) is 5.75 Å². The highest BCUT2D eigenvalue weighted by Crippen LogP contribution is 2.28. The summed E-state index contributed by atoms with van der Waals surface area (Å²) in [5.41, 5.74) is 7.51. The summed E-state index contributed by atoms with van der Waals surface area (Å²) in [5, 5.41) is 8.66. The minimum absolute atomic E-state index is 0.140. The lowest BCUT2D eigenvalue weighted by atomic mass is 10.1. The lowest BCUT2D eigenvalue weighted by Crippen LogP contribution is -2.28. The predicted molar refractivity (Wildman–Crippen MR) is 65.5 cm³/mol. The summed E-state index contributed by atoms with van der Waals surface area (Å²) >= 11 is 0. The highest BCUT2D eigenvalue weighted by Gasteiger charge is 2.12. The van der Waals surface area contributed by atoms with Gasteiger partial charge in [0.15, 0.2) is 0 Å². The Morgan fingerprint density at radius 2 is 2.25 bits per heavy atom. The van der Waals surface area contributed by atoms with E-state index < -0.39 is 0 Å². The van der Waals surface area contributed by atoms with Crippen molar-refractivity contribution >= 4 is 11.4 Å². The highest BCUT2D eigenvalue weighted by atomic mass is 16.5. The second kappa shape index (κ2) is 5.26. The van der Waals surface area contributed by atoms with Crippen molar-refractivity contribution in [2.75, 3.05) is 24.8 Å². The number of nitrogens with zero attached hydrogens (tertiary/aromatic N) is 2. The Kier molecular flexibility index (Phi) is 4.01. The second-order valence-electron chi connectivity index (χ2n) is 3.75. The van der Waals surface area contributed by atoms with Crippen molar-refractivity contribution in [1.29, 1.82) is 5.26 Å². The molecule has 4 nitrogen and oxygen atoms in total. The number of ether oxygens (including phenoxy) is 1. The molecule has 0 bridgehead atoms. The molecule has 0 aromatic heterocycles. The van der Waals surface area contributed by atoms with Crippen molar-refractivity contribution in [3.63, 3.8) is 0 Å². The normalized spacial score (nSPS) is 11.6. The smallest absolute Gasteiger partial charge is 0.121 e. The molecular weight excluding hydrogens is 202 g/mol. The standard InChI is InChI=1S/C12H17N3O/c1-9(6-7-13)15(2)12-5-4-10(16-3)8-11(12)14/h4-5,8-9H,6,14H2,1-3H3. The van der Waals surface area contributed by atoms with Crippen LogP contribution in [0, 0.1) is 11.3 Å². The quantitative estimate of drug-likeness (QED) is 0.787. The van der Waals surface area contributed by atoms with Crippen LogP contribution in [0.2, 0.25) is 0 Å². The molecular formula is C12H17N3O. The molecule has 0 fully saturated rings. The summed E-state index contributed by atoms with van der Waals surface area (Å²) < 4.78 is 5.09. The molecule has 0 aliphatic heterocycles. The van der Waals surface area contributed by atoms with Gasteiger partial charge in [-0.05, 0) is 19.1 Å². The minimum atomic E-state index is 0.140. The van der Waals surface area contributed by atoms with Gasteiger partial charge in [-0.2, -0.15) is 5.26 Å². The first kappa shape index (κ1) is 12.2. The summed E-state index contributed by atoms with van der Waals surface area (Å²) in [6.45, 7) is 1.99. The Balaban J connectivity index is 2.92. The number of hydrogen-bond acceptors (Lipinski definition) is 4. The molecule has 1 atom stereocenters. The molecule has 0 aliphatic carbocycles. The minimum Gasteiger partial charge on any atom is -0.497 e. The molecule has 0 amide bonds. The SMILES string of the molecule is COc1ccc(N(C)C(C)CC#N)c(N)c1. The van der Waals surface area contributed by atoms with Gasteiger partial charge in [0.1, 0.15) is 5.75 Å². The first-order valence-corrected chi connectivity index (χ1v) is 5.13. The van der Waals surface area contributed by atoms with Crippen LogP contribution in [0.25, 0.3) is 0 Å². The number of benzene rings is 1. The zero-order valence-electron chi connectivity index (χ0n) is 9.90. The fraction of sp³-hybridized carbons (Fsp3) is 0.417. The zero-order valence-corrected chi connectivity index (χ0v) is 9.90. The molecule has 2 N–H and O–H groups in total. The third-order valence-electron chi connectivity index (χ3n) is 2.66. The Morgan fingerprint density at radius 1 is 1.56 bits per heavy atom. The summed E-state index contributed by atoms with van der Waals surface area (Å²) in [5.74, 6) is 0.739. The first-order valence-electron chi connectivity index (χ1n) is 5.13. The third-order valence-corrected chi connectivity index (χ3v) is 2.66. The molecule has 1 unspecified atom stereocenters. The summed E-state index contributed by atoms with van der Waals surface area (Å²) in [4.78, 5) is 2.00. The lowest BCUT2D eigenvalue weighted by Gasteiger charge is -2.26. The predicted octanol–water partition coefficient (Wildman–Crippen LogP) is 2.02. The number of nitrogen functional groups attached to an aromatic ring is 1. The molecule has 86 valence electrons. The van der Waals surface area contributed by atoms with Gasteiger partial charge in [-0.15, -0.1) is 0 Å². The number of anilines is 2. The van der Waals surface area contributed by atoms with Crippen molar-refractivity contribution in [2.45, 2.75) is 19.4 Å².